The summed E-state index contributed by atoms with van der Waals surface area (Å²) in [4.78, 5) is 12.3. The van der Waals surface area contributed by atoms with Crippen LogP contribution in [0.2, 0.25) is 0 Å². The molecule has 0 saturated carbocycles. The third kappa shape index (κ3) is 14.4. The predicted octanol–water partition coefficient (Wildman–Crippen LogP) is 3.93. The molecular formula is C19H22Br2O3. The maximum atomic E-state index is 10.9. The number of aliphatic hydroxyl groups excluding tert-OH is 1. The number of methoxy groups -OCH3 is 1. The van der Waals surface area contributed by atoms with Gasteiger partial charge >= 0.3 is 5.97 Å². The molecule has 0 fully saturated rings. The molecule has 1 N–H and O–H groups in total. The fourth-order valence-corrected chi connectivity index (χ4v) is 2.12. The van der Waals surface area contributed by atoms with Gasteiger partial charge in [0.25, 0.3) is 0 Å². The average Bonchev–Trinajstić information content (AvgIpc) is 2.59. The van der Waals surface area contributed by atoms with Crippen molar-refractivity contribution in [2.45, 2.75) is 55.9 Å². The van der Waals surface area contributed by atoms with Crippen molar-refractivity contribution in [1.29, 1.82) is 0 Å². The molecule has 2 unspecified atom stereocenters. The van der Waals surface area contributed by atoms with E-state index in [1.54, 1.807) is 11.1 Å². The molecule has 0 aliphatic heterocycles. The summed E-state index contributed by atoms with van der Waals surface area (Å²) in [5, 5.41) is 9.99. The van der Waals surface area contributed by atoms with Crippen molar-refractivity contribution in [2.24, 2.45) is 0 Å². The van der Waals surface area contributed by atoms with Crippen LogP contribution in [-0.4, -0.2) is 29.1 Å². The van der Waals surface area contributed by atoms with E-state index in [0.29, 0.717) is 25.7 Å². The van der Waals surface area contributed by atoms with Crippen LogP contribution in [0, 0.1) is 35.5 Å². The minimum Gasteiger partial charge on any atom is -0.469 e. The van der Waals surface area contributed by atoms with Crippen LogP contribution in [0.3, 0.4) is 0 Å². The lowest BCUT2D eigenvalue weighted by Crippen LogP contribution is -2.18. The molecule has 0 spiro atoms. The summed E-state index contributed by atoms with van der Waals surface area (Å²) in [5.41, 5.74) is 0. The third-order valence-electron chi connectivity index (χ3n) is 2.91. The number of allylic oxidation sites excluding steroid dienone is 1. The van der Waals surface area contributed by atoms with E-state index >= 15 is 0 Å². The van der Waals surface area contributed by atoms with Gasteiger partial charge in [-0.1, -0.05) is 55.5 Å². The molecule has 0 rings (SSSR count). The lowest BCUT2D eigenvalue weighted by atomic mass is 10.1. The monoisotopic (exact) mass is 456 g/mol. The van der Waals surface area contributed by atoms with Crippen LogP contribution >= 0.6 is 31.9 Å². The average molecular weight is 458 g/mol. The number of hydrogen-bond donors (Lipinski definition) is 1. The van der Waals surface area contributed by atoms with Crippen LogP contribution in [0.4, 0.5) is 0 Å². The van der Waals surface area contributed by atoms with Crippen LogP contribution in [0.5, 0.6) is 0 Å². The van der Waals surface area contributed by atoms with E-state index in [2.05, 4.69) is 72.1 Å². The second-order valence-electron chi connectivity index (χ2n) is 4.83. The highest BCUT2D eigenvalue weighted by Gasteiger charge is 2.12. The number of aliphatic hydroxyl groups is 1. The molecule has 0 aliphatic carbocycles. The highest BCUT2D eigenvalue weighted by atomic mass is 79.9. The van der Waals surface area contributed by atoms with Crippen molar-refractivity contribution in [3.8, 4) is 35.5 Å². The zero-order chi connectivity index (χ0) is 18.0. The zero-order valence-corrected chi connectivity index (χ0v) is 17.0. The standard InChI is InChI=1S/C19H22Br2O3/c1-24-19(23)15-11-7-4-5-9-13-17(21)18(22)14-10-6-2-3-8-12-16-20/h12,16-18,22H,2,6-7,10-11,14-15H2,1H3. The van der Waals surface area contributed by atoms with Gasteiger partial charge in [0.15, 0.2) is 0 Å². The van der Waals surface area contributed by atoms with Gasteiger partial charge < -0.3 is 9.84 Å². The first-order valence-corrected chi connectivity index (χ1v) is 9.56. The number of hydrogen-bond acceptors (Lipinski definition) is 3. The Labute approximate surface area is 161 Å². The van der Waals surface area contributed by atoms with E-state index in [0.717, 1.165) is 19.3 Å². The Morgan fingerprint density at radius 1 is 1.21 bits per heavy atom. The summed E-state index contributed by atoms with van der Waals surface area (Å²) >= 11 is 6.51. The first-order valence-electron chi connectivity index (χ1n) is 7.72. The van der Waals surface area contributed by atoms with Crippen molar-refractivity contribution >= 4 is 37.8 Å². The molecule has 0 aromatic heterocycles. The maximum absolute atomic E-state index is 10.9. The first-order chi connectivity index (χ1) is 11.6. The number of unbranched alkanes of at least 4 members (excludes halogenated alkanes) is 3. The fraction of sp³-hybridized carbons (Fsp3) is 0.526. The van der Waals surface area contributed by atoms with Gasteiger partial charge in [0.1, 0.15) is 4.83 Å². The van der Waals surface area contributed by atoms with Crippen molar-refractivity contribution in [1.82, 2.24) is 0 Å². The van der Waals surface area contributed by atoms with E-state index < -0.39 is 6.10 Å². The van der Waals surface area contributed by atoms with Crippen molar-refractivity contribution in [3.63, 3.8) is 0 Å². The minimum absolute atomic E-state index is 0.225. The van der Waals surface area contributed by atoms with Gasteiger partial charge in [-0.05, 0) is 48.6 Å². The Morgan fingerprint density at radius 2 is 1.96 bits per heavy atom. The topological polar surface area (TPSA) is 46.5 Å². The van der Waals surface area contributed by atoms with Crippen LogP contribution in [0.25, 0.3) is 0 Å². The molecule has 0 aromatic carbocycles. The molecule has 130 valence electrons. The van der Waals surface area contributed by atoms with E-state index in [9.17, 15) is 9.90 Å². The van der Waals surface area contributed by atoms with Crippen molar-refractivity contribution in [2.75, 3.05) is 7.11 Å². The van der Waals surface area contributed by atoms with Gasteiger partial charge in [-0.25, -0.2) is 0 Å². The molecule has 3 nitrogen and oxygen atoms in total. The third-order valence-corrected chi connectivity index (χ3v) is 4.01. The summed E-state index contributed by atoms with van der Waals surface area (Å²) in [6, 6.07) is 0. The summed E-state index contributed by atoms with van der Waals surface area (Å²) in [5.74, 6) is 16.9. The second-order valence-corrected chi connectivity index (χ2v) is 6.34. The Kier molecular flexibility index (Phi) is 15.8. The van der Waals surface area contributed by atoms with E-state index in [-0.39, 0.29) is 10.8 Å². The largest absolute Gasteiger partial charge is 0.469 e. The first kappa shape index (κ1) is 22.8. The molecule has 0 amide bonds. The lowest BCUT2D eigenvalue weighted by Gasteiger charge is -2.11. The summed E-state index contributed by atoms with van der Waals surface area (Å²) in [6.45, 7) is 0. The Balaban J connectivity index is 3.89. The number of alkyl halides is 1. The lowest BCUT2D eigenvalue weighted by molar-refractivity contribution is -0.140. The SMILES string of the molecule is COC(=O)CCCC#CC#CC(Br)C(O)CCCCC#CC=CBr. The molecule has 2 atom stereocenters. The number of carbonyl (C=O) groups excluding carboxylic acids is 1. The van der Waals surface area contributed by atoms with Gasteiger partial charge in [0.05, 0.1) is 13.2 Å². The molecule has 5 heteroatoms. The van der Waals surface area contributed by atoms with Gasteiger partial charge in [0.2, 0.25) is 0 Å². The number of carbonyl (C=O) groups is 1. The molecular weight excluding hydrogens is 436 g/mol. The normalized spacial score (nSPS) is 12.0. The Hall–Kier alpha value is -1.19. The van der Waals surface area contributed by atoms with Crippen LogP contribution in [0.1, 0.15) is 44.9 Å². The second kappa shape index (κ2) is 16.7. The summed E-state index contributed by atoms with van der Waals surface area (Å²) in [6.07, 6.45) is 6.21. The summed E-state index contributed by atoms with van der Waals surface area (Å²) in [7, 11) is 1.37. The Morgan fingerprint density at radius 3 is 2.67 bits per heavy atom. The molecule has 0 aliphatic rings. The quantitative estimate of drug-likeness (QED) is 0.260. The molecule has 0 radical (unpaired) electrons. The van der Waals surface area contributed by atoms with Crippen molar-refractivity contribution < 1.29 is 14.6 Å². The number of rotatable bonds is 8. The highest BCUT2D eigenvalue weighted by molar-refractivity contribution is 9.11. The molecule has 24 heavy (non-hydrogen) atoms. The van der Waals surface area contributed by atoms with Crippen molar-refractivity contribution in [3.05, 3.63) is 11.1 Å². The van der Waals surface area contributed by atoms with Crippen LogP contribution in [0.15, 0.2) is 11.1 Å². The number of halogens is 2. The highest BCUT2D eigenvalue weighted by Crippen LogP contribution is 2.12. The minimum atomic E-state index is -0.519. The Bertz CT molecular complexity index is 565. The van der Waals surface area contributed by atoms with E-state index in [1.807, 2.05) is 0 Å². The molecule has 0 aromatic rings. The van der Waals surface area contributed by atoms with Gasteiger partial charge in [0, 0.05) is 19.3 Å². The van der Waals surface area contributed by atoms with Gasteiger partial charge in [-0.15, -0.1) is 0 Å². The summed E-state index contributed by atoms with van der Waals surface area (Å²) < 4.78 is 4.54. The van der Waals surface area contributed by atoms with Gasteiger partial charge in [-0.3, -0.25) is 4.79 Å². The van der Waals surface area contributed by atoms with E-state index in [4.69, 9.17) is 0 Å². The maximum Gasteiger partial charge on any atom is 0.305 e. The zero-order valence-electron chi connectivity index (χ0n) is 13.8. The predicted molar refractivity (Wildman–Crippen MR) is 104 cm³/mol. The molecule has 0 heterocycles. The van der Waals surface area contributed by atoms with Crippen LogP contribution in [-0.2, 0) is 9.53 Å². The van der Waals surface area contributed by atoms with E-state index in [1.165, 1.54) is 7.11 Å². The number of esters is 1. The van der Waals surface area contributed by atoms with Gasteiger partial charge in [-0.2, -0.15) is 0 Å². The molecule has 0 bridgehead atoms. The molecule has 0 saturated heterocycles. The number of ether oxygens (including phenoxy) is 1. The van der Waals surface area contributed by atoms with Crippen LogP contribution < -0.4 is 0 Å². The fourth-order valence-electron chi connectivity index (χ4n) is 1.61. The smallest absolute Gasteiger partial charge is 0.305 e.